The Hall–Kier alpha value is -3.12. The van der Waals surface area contributed by atoms with Gasteiger partial charge in [-0.3, -0.25) is 4.72 Å². The van der Waals surface area contributed by atoms with Gasteiger partial charge in [-0.05, 0) is 37.1 Å². The van der Waals surface area contributed by atoms with Crippen molar-refractivity contribution >= 4 is 21.4 Å². The van der Waals surface area contributed by atoms with Gasteiger partial charge in [0.25, 0.3) is 0 Å². The van der Waals surface area contributed by atoms with Crippen molar-refractivity contribution in [3.05, 3.63) is 89.7 Å². The van der Waals surface area contributed by atoms with E-state index in [1.54, 1.807) is 6.07 Å². The number of nitrogens with zero attached hydrogens (tertiary/aromatic N) is 2. The number of aromatic nitrogens is 2. The molecule has 4 aromatic rings. The molecule has 0 unspecified atom stereocenters. The molecule has 5 nitrogen and oxygen atoms in total. The van der Waals surface area contributed by atoms with E-state index in [0.29, 0.717) is 5.69 Å². The predicted octanol–water partition coefficient (Wildman–Crippen LogP) is 4.56. The van der Waals surface area contributed by atoms with Crippen LogP contribution in [-0.2, 0) is 15.8 Å². The normalized spacial score (nSPS) is 11.6. The van der Waals surface area contributed by atoms with Crippen LogP contribution in [0.3, 0.4) is 0 Å². The van der Waals surface area contributed by atoms with Crippen molar-refractivity contribution in [3.8, 4) is 11.3 Å². The van der Waals surface area contributed by atoms with Gasteiger partial charge in [-0.2, -0.15) is 0 Å². The lowest BCUT2D eigenvalue weighted by Gasteiger charge is -2.12. The van der Waals surface area contributed by atoms with E-state index >= 15 is 0 Å². The number of imidazole rings is 1. The Morgan fingerprint density at radius 1 is 1.00 bits per heavy atom. The number of aryl methyl sites for hydroxylation is 2. The van der Waals surface area contributed by atoms with Crippen LogP contribution in [0.5, 0.6) is 0 Å². The zero-order chi connectivity index (χ0) is 19.7. The van der Waals surface area contributed by atoms with Gasteiger partial charge in [0.05, 0.1) is 17.1 Å². The average molecular weight is 391 g/mol. The van der Waals surface area contributed by atoms with Gasteiger partial charge in [0.15, 0.2) is 0 Å². The van der Waals surface area contributed by atoms with Crippen molar-refractivity contribution in [3.63, 3.8) is 0 Å². The molecule has 1 N–H and O–H groups in total. The molecule has 0 saturated carbocycles. The molecule has 0 spiro atoms. The number of fused-ring (bicyclic) bond motifs is 1. The molecule has 0 amide bonds. The first-order valence-corrected chi connectivity index (χ1v) is 10.7. The van der Waals surface area contributed by atoms with Crippen LogP contribution in [0.15, 0.2) is 73.1 Å². The van der Waals surface area contributed by atoms with Crippen molar-refractivity contribution in [2.24, 2.45) is 0 Å². The summed E-state index contributed by atoms with van der Waals surface area (Å²) in [5, 5.41) is 0. The van der Waals surface area contributed by atoms with E-state index in [1.807, 2.05) is 85.2 Å². The summed E-state index contributed by atoms with van der Waals surface area (Å²) in [7, 11) is -3.56. The number of pyridine rings is 1. The van der Waals surface area contributed by atoms with Crippen LogP contribution < -0.4 is 4.72 Å². The van der Waals surface area contributed by atoms with Crippen molar-refractivity contribution in [2.75, 3.05) is 4.72 Å². The third-order valence-corrected chi connectivity index (χ3v) is 5.83. The number of sulfonamides is 1. The number of rotatable bonds is 5. The second kappa shape index (κ2) is 7.13. The van der Waals surface area contributed by atoms with E-state index in [2.05, 4.69) is 4.72 Å². The first-order valence-electron chi connectivity index (χ1n) is 9.01. The summed E-state index contributed by atoms with van der Waals surface area (Å²) in [6.45, 7) is 3.95. The minimum absolute atomic E-state index is 0.0761. The van der Waals surface area contributed by atoms with Crippen molar-refractivity contribution in [2.45, 2.75) is 19.6 Å². The molecule has 0 atom stereocenters. The monoisotopic (exact) mass is 391 g/mol. The van der Waals surface area contributed by atoms with E-state index in [1.165, 1.54) is 0 Å². The highest BCUT2D eigenvalue weighted by Crippen LogP contribution is 2.29. The van der Waals surface area contributed by atoms with E-state index in [-0.39, 0.29) is 5.75 Å². The fraction of sp³-hybridized carbons (Fsp3) is 0.136. The molecular weight excluding hydrogens is 370 g/mol. The minimum Gasteiger partial charge on any atom is -0.306 e. The third kappa shape index (κ3) is 3.77. The number of hydrogen-bond acceptors (Lipinski definition) is 3. The highest BCUT2D eigenvalue weighted by atomic mass is 32.2. The quantitative estimate of drug-likeness (QED) is 0.542. The van der Waals surface area contributed by atoms with Crippen molar-refractivity contribution < 1.29 is 8.42 Å². The SMILES string of the molecule is Cc1cccc(CS(=O)(=O)Nc2ccccc2-c2cn3cccc(C)c3n2)c1. The molecule has 0 fully saturated rings. The summed E-state index contributed by atoms with van der Waals surface area (Å²) in [4.78, 5) is 4.70. The molecule has 4 rings (SSSR count). The Balaban J connectivity index is 1.68. The molecule has 0 aliphatic heterocycles. The molecular formula is C22H21N3O2S. The zero-order valence-electron chi connectivity index (χ0n) is 15.8. The van der Waals surface area contributed by atoms with Gasteiger partial charge in [0.1, 0.15) is 5.65 Å². The summed E-state index contributed by atoms with van der Waals surface area (Å²) in [6, 6.07) is 18.8. The van der Waals surface area contributed by atoms with Crippen LogP contribution in [0, 0.1) is 13.8 Å². The second-order valence-electron chi connectivity index (χ2n) is 6.94. The lowest BCUT2D eigenvalue weighted by Crippen LogP contribution is -2.15. The number of hydrogen-bond donors (Lipinski definition) is 1. The third-order valence-electron chi connectivity index (χ3n) is 4.59. The van der Waals surface area contributed by atoms with Crippen LogP contribution in [0.4, 0.5) is 5.69 Å². The molecule has 6 heteroatoms. The average Bonchev–Trinajstić information content (AvgIpc) is 3.07. The zero-order valence-corrected chi connectivity index (χ0v) is 16.6. The largest absolute Gasteiger partial charge is 0.306 e. The van der Waals surface area contributed by atoms with Crippen LogP contribution in [0.1, 0.15) is 16.7 Å². The van der Waals surface area contributed by atoms with Gasteiger partial charge in [0.2, 0.25) is 10.0 Å². The summed E-state index contributed by atoms with van der Waals surface area (Å²) in [5.41, 5.74) is 5.71. The van der Waals surface area contributed by atoms with E-state index in [9.17, 15) is 8.42 Å². The lowest BCUT2D eigenvalue weighted by molar-refractivity contribution is 0.600. The fourth-order valence-corrected chi connectivity index (χ4v) is 4.51. The van der Waals surface area contributed by atoms with Crippen LogP contribution >= 0.6 is 0 Å². The van der Waals surface area contributed by atoms with Crippen LogP contribution in [0.25, 0.3) is 16.9 Å². The molecule has 0 aliphatic rings. The fourth-order valence-electron chi connectivity index (χ4n) is 3.30. The molecule has 0 saturated heterocycles. The second-order valence-corrected chi connectivity index (χ2v) is 8.67. The molecule has 2 heterocycles. The summed E-state index contributed by atoms with van der Waals surface area (Å²) < 4.78 is 30.2. The number of benzene rings is 2. The first-order chi connectivity index (χ1) is 13.4. The van der Waals surface area contributed by atoms with Crippen LogP contribution in [-0.4, -0.2) is 17.8 Å². The Morgan fingerprint density at radius 2 is 1.82 bits per heavy atom. The highest BCUT2D eigenvalue weighted by molar-refractivity contribution is 7.91. The summed E-state index contributed by atoms with van der Waals surface area (Å²) >= 11 is 0. The molecule has 0 bridgehead atoms. The molecule has 2 aromatic carbocycles. The van der Waals surface area contributed by atoms with Gasteiger partial charge < -0.3 is 4.40 Å². The summed E-state index contributed by atoms with van der Waals surface area (Å²) in [6.07, 6.45) is 3.85. The molecule has 0 radical (unpaired) electrons. The van der Waals surface area contributed by atoms with E-state index < -0.39 is 10.0 Å². The first kappa shape index (κ1) is 18.3. The van der Waals surface area contributed by atoms with Gasteiger partial charge >= 0.3 is 0 Å². The Kier molecular flexibility index (Phi) is 4.65. The predicted molar refractivity (Wildman–Crippen MR) is 113 cm³/mol. The Morgan fingerprint density at radius 3 is 2.61 bits per heavy atom. The molecule has 2 aromatic heterocycles. The molecule has 142 valence electrons. The van der Waals surface area contributed by atoms with Gasteiger partial charge in [-0.25, -0.2) is 13.4 Å². The topological polar surface area (TPSA) is 63.5 Å². The summed E-state index contributed by atoms with van der Waals surface area (Å²) in [5.74, 6) is -0.0761. The number of para-hydroxylation sites is 1. The molecule has 28 heavy (non-hydrogen) atoms. The van der Waals surface area contributed by atoms with Crippen molar-refractivity contribution in [1.29, 1.82) is 0 Å². The number of nitrogens with one attached hydrogen (secondary N) is 1. The highest BCUT2D eigenvalue weighted by Gasteiger charge is 2.16. The van der Waals surface area contributed by atoms with Gasteiger partial charge in [-0.1, -0.05) is 54.1 Å². The van der Waals surface area contributed by atoms with Gasteiger partial charge in [0, 0.05) is 18.0 Å². The maximum absolute atomic E-state index is 12.8. The maximum Gasteiger partial charge on any atom is 0.236 e. The Labute approximate surface area is 164 Å². The van der Waals surface area contributed by atoms with Crippen molar-refractivity contribution in [1.82, 2.24) is 9.38 Å². The maximum atomic E-state index is 12.8. The van der Waals surface area contributed by atoms with E-state index in [4.69, 9.17) is 4.98 Å². The molecule has 0 aliphatic carbocycles. The Bertz CT molecular complexity index is 1260. The minimum atomic E-state index is -3.56. The number of anilines is 1. The van der Waals surface area contributed by atoms with E-state index in [0.717, 1.165) is 33.6 Å². The smallest absolute Gasteiger partial charge is 0.236 e. The lowest BCUT2D eigenvalue weighted by atomic mass is 10.1. The van der Waals surface area contributed by atoms with Crippen LogP contribution in [0.2, 0.25) is 0 Å². The van der Waals surface area contributed by atoms with Gasteiger partial charge in [-0.15, -0.1) is 0 Å². The standard InChI is InChI=1S/C22H21N3O2S/c1-16-7-5-9-18(13-16)15-28(26,27)24-20-11-4-3-10-19(20)21-14-25-12-6-8-17(2)22(25)23-21/h3-14,24H,15H2,1-2H3.